The van der Waals surface area contributed by atoms with Crippen molar-refractivity contribution in [3.8, 4) is 5.75 Å². The maximum absolute atomic E-state index is 13.8. The second-order valence-electron chi connectivity index (χ2n) is 8.73. The number of aromatic nitrogens is 3. The van der Waals surface area contributed by atoms with Crippen LogP contribution in [0.15, 0.2) is 89.0 Å². The number of furan rings is 1. The molecule has 1 aromatic carbocycles. The van der Waals surface area contributed by atoms with E-state index >= 15 is 0 Å². The first-order valence-corrected chi connectivity index (χ1v) is 14.3. The zero-order valence-corrected chi connectivity index (χ0v) is 24.6. The molecule has 12 heteroatoms. The van der Waals surface area contributed by atoms with Crippen LogP contribution in [0.25, 0.3) is 6.08 Å². The zero-order chi connectivity index (χ0) is 27.7. The molecule has 5 rings (SSSR count). The molecule has 0 bridgehead atoms. The monoisotopic (exact) mass is 626 g/mol. The number of nitrogens with zero attached hydrogens (tertiary/aromatic N) is 4. The number of rotatable bonds is 7. The number of fused-ring (bicyclic) bond motifs is 1. The number of hydrogen-bond donors (Lipinski definition) is 0. The van der Waals surface area contributed by atoms with Crippen LogP contribution in [-0.2, 0) is 9.53 Å². The van der Waals surface area contributed by atoms with E-state index in [1.54, 1.807) is 70.6 Å². The van der Waals surface area contributed by atoms with Crippen LogP contribution >= 0.6 is 39.0 Å². The number of thiazole rings is 1. The van der Waals surface area contributed by atoms with Crippen LogP contribution in [0.5, 0.6) is 5.75 Å². The average Bonchev–Trinajstić information content (AvgIpc) is 3.41. The number of halogens is 1. The molecule has 0 spiro atoms. The Morgan fingerprint density at radius 1 is 1.23 bits per heavy atom. The summed E-state index contributed by atoms with van der Waals surface area (Å²) in [4.78, 5) is 40.5. The summed E-state index contributed by atoms with van der Waals surface area (Å²) >= 11 is 6.00. The Hall–Kier alpha value is -3.48. The molecule has 1 aliphatic heterocycles. The number of benzene rings is 1. The third-order valence-electron chi connectivity index (χ3n) is 5.69. The number of hydrogen-bond acceptors (Lipinski definition) is 10. The van der Waals surface area contributed by atoms with Gasteiger partial charge in [-0.05, 0) is 78.3 Å². The lowest BCUT2D eigenvalue weighted by Gasteiger charge is -2.25. The van der Waals surface area contributed by atoms with Crippen molar-refractivity contribution in [3.63, 3.8) is 0 Å². The second-order valence-corrected chi connectivity index (χ2v) is 11.5. The second kappa shape index (κ2) is 11.3. The fraction of sp³-hybridized carbons (Fsp3) is 0.222. The van der Waals surface area contributed by atoms with Crippen molar-refractivity contribution >= 4 is 51.1 Å². The van der Waals surface area contributed by atoms with E-state index in [-0.39, 0.29) is 11.7 Å². The Morgan fingerprint density at radius 3 is 2.62 bits per heavy atom. The quantitative estimate of drug-likeness (QED) is 0.218. The molecular formula is C27H23BrN4O5S2. The highest BCUT2D eigenvalue weighted by Crippen LogP contribution is 2.35. The summed E-state index contributed by atoms with van der Waals surface area (Å²) in [5.41, 5.74) is 1.25. The topological polar surface area (TPSA) is 109 Å². The van der Waals surface area contributed by atoms with E-state index < -0.39 is 12.0 Å². The smallest absolute Gasteiger partial charge is 0.338 e. The van der Waals surface area contributed by atoms with Gasteiger partial charge in [-0.2, -0.15) is 0 Å². The molecule has 3 aromatic heterocycles. The fourth-order valence-electron chi connectivity index (χ4n) is 4.02. The van der Waals surface area contributed by atoms with Crippen LogP contribution in [-0.4, -0.2) is 33.7 Å². The standard InChI is InChI=1S/C27H23BrN4O5S2/c1-14(2)36-24(34)21-15(3)31-27-32(22(21)16-6-8-17(35-4)9-7-16)23(33)20(38-27)13-18-12-19(28)25(37-18)39-26-29-10-5-11-30-26/h5-14,22H,1-4H3/b20-13+/t22-/m1/s1. The molecule has 0 saturated carbocycles. The molecule has 0 radical (unpaired) electrons. The predicted octanol–water partition coefficient (Wildman–Crippen LogP) is 4.49. The van der Waals surface area contributed by atoms with Gasteiger partial charge < -0.3 is 13.9 Å². The number of methoxy groups -OCH3 is 1. The first-order valence-electron chi connectivity index (χ1n) is 11.9. The Morgan fingerprint density at radius 2 is 1.95 bits per heavy atom. The van der Waals surface area contributed by atoms with Crippen LogP contribution < -0.4 is 19.6 Å². The van der Waals surface area contributed by atoms with Gasteiger partial charge in [0.1, 0.15) is 11.5 Å². The van der Waals surface area contributed by atoms with E-state index in [0.717, 1.165) is 5.56 Å². The Balaban J connectivity index is 1.61. The highest BCUT2D eigenvalue weighted by atomic mass is 79.9. The van der Waals surface area contributed by atoms with E-state index in [1.165, 1.54) is 27.7 Å². The molecular weight excluding hydrogens is 604 g/mol. The number of ether oxygens (including phenoxy) is 2. The van der Waals surface area contributed by atoms with E-state index in [0.29, 0.717) is 46.8 Å². The zero-order valence-electron chi connectivity index (χ0n) is 21.4. The van der Waals surface area contributed by atoms with Gasteiger partial charge in [-0.25, -0.2) is 19.8 Å². The Labute approximate surface area is 240 Å². The molecule has 4 aromatic rings. The van der Waals surface area contributed by atoms with E-state index in [1.807, 2.05) is 12.1 Å². The van der Waals surface area contributed by atoms with Gasteiger partial charge in [0.2, 0.25) is 0 Å². The van der Waals surface area contributed by atoms with Gasteiger partial charge in [0, 0.05) is 18.5 Å². The fourth-order valence-corrected chi connectivity index (χ4v) is 6.29. The van der Waals surface area contributed by atoms with E-state index in [4.69, 9.17) is 13.9 Å². The molecule has 0 fully saturated rings. The highest BCUT2D eigenvalue weighted by Gasteiger charge is 2.33. The summed E-state index contributed by atoms with van der Waals surface area (Å²) in [6.45, 7) is 5.32. The van der Waals surface area contributed by atoms with Gasteiger partial charge >= 0.3 is 5.97 Å². The molecule has 39 heavy (non-hydrogen) atoms. The van der Waals surface area contributed by atoms with Crippen molar-refractivity contribution < 1.29 is 18.7 Å². The summed E-state index contributed by atoms with van der Waals surface area (Å²) in [7, 11) is 1.58. The lowest BCUT2D eigenvalue weighted by atomic mass is 9.96. The van der Waals surface area contributed by atoms with Crippen LogP contribution in [0, 0.1) is 0 Å². The van der Waals surface area contributed by atoms with Crippen LogP contribution in [0.3, 0.4) is 0 Å². The van der Waals surface area contributed by atoms with Crippen LogP contribution in [0.2, 0.25) is 0 Å². The van der Waals surface area contributed by atoms with Gasteiger partial charge in [0.15, 0.2) is 15.1 Å². The van der Waals surface area contributed by atoms with E-state index in [2.05, 4.69) is 30.9 Å². The van der Waals surface area contributed by atoms with E-state index in [9.17, 15) is 9.59 Å². The van der Waals surface area contributed by atoms with Crippen molar-refractivity contribution in [1.82, 2.24) is 14.5 Å². The number of allylic oxidation sites excluding steroid dienone is 1. The van der Waals surface area contributed by atoms with Crippen molar-refractivity contribution in [2.75, 3.05) is 7.11 Å². The lowest BCUT2D eigenvalue weighted by Crippen LogP contribution is -2.40. The molecule has 0 saturated heterocycles. The normalized spacial score (nSPS) is 15.3. The number of carbonyl (C=O) groups is 1. The maximum Gasteiger partial charge on any atom is 0.338 e. The minimum Gasteiger partial charge on any atom is -0.497 e. The largest absolute Gasteiger partial charge is 0.497 e. The van der Waals surface area contributed by atoms with Gasteiger partial charge in [-0.1, -0.05) is 23.5 Å². The molecule has 0 amide bonds. The minimum atomic E-state index is -0.717. The Bertz CT molecular complexity index is 1740. The highest BCUT2D eigenvalue weighted by molar-refractivity contribution is 9.10. The summed E-state index contributed by atoms with van der Waals surface area (Å²) in [6, 6.07) is 10.1. The summed E-state index contributed by atoms with van der Waals surface area (Å²) in [5.74, 6) is 0.624. The van der Waals surface area contributed by atoms with Crippen LogP contribution in [0.4, 0.5) is 0 Å². The first kappa shape index (κ1) is 27.1. The van der Waals surface area contributed by atoms with Crippen LogP contribution in [0.1, 0.15) is 38.1 Å². The Kier molecular flexibility index (Phi) is 7.87. The average molecular weight is 628 g/mol. The summed E-state index contributed by atoms with van der Waals surface area (Å²) < 4.78 is 19.5. The number of esters is 1. The van der Waals surface area contributed by atoms with Crippen molar-refractivity contribution in [2.45, 2.75) is 43.2 Å². The summed E-state index contributed by atoms with van der Waals surface area (Å²) in [6.07, 6.45) is 4.64. The molecule has 0 unspecified atom stereocenters. The molecule has 4 heterocycles. The molecule has 200 valence electrons. The number of carbonyl (C=O) groups excluding carboxylic acids is 1. The van der Waals surface area contributed by atoms with Gasteiger partial charge in [0.05, 0.1) is 39.5 Å². The van der Waals surface area contributed by atoms with Crippen molar-refractivity contribution in [2.24, 2.45) is 4.99 Å². The van der Waals surface area contributed by atoms with Gasteiger partial charge in [-0.3, -0.25) is 9.36 Å². The summed E-state index contributed by atoms with van der Waals surface area (Å²) in [5, 5.41) is 1.10. The van der Waals surface area contributed by atoms with Crippen molar-refractivity contribution in [1.29, 1.82) is 0 Å². The van der Waals surface area contributed by atoms with Gasteiger partial charge in [-0.15, -0.1) is 0 Å². The first-order chi connectivity index (χ1) is 18.7. The predicted molar refractivity (Wildman–Crippen MR) is 151 cm³/mol. The molecule has 1 atom stereocenters. The third-order valence-corrected chi connectivity index (χ3v) is 8.41. The SMILES string of the molecule is COc1ccc([C@@H]2C(C(=O)OC(C)C)=C(C)N=c3s/c(=C/c4cc(Br)c(Sc5ncccn5)o4)c(=O)n32)cc1. The molecule has 0 aliphatic carbocycles. The third kappa shape index (κ3) is 5.63. The minimum absolute atomic E-state index is 0.296. The maximum atomic E-state index is 13.8. The molecule has 1 aliphatic rings. The molecule has 9 nitrogen and oxygen atoms in total. The lowest BCUT2D eigenvalue weighted by molar-refractivity contribution is -0.143. The molecule has 0 N–H and O–H groups in total. The van der Waals surface area contributed by atoms with Gasteiger partial charge in [0.25, 0.3) is 5.56 Å². The van der Waals surface area contributed by atoms with Crippen molar-refractivity contribution in [3.05, 3.63) is 95.5 Å².